The zero-order valence-electron chi connectivity index (χ0n) is 9.72. The number of pyridine rings is 1. The largest absolute Gasteiger partial charge is 0.397 e. The quantitative estimate of drug-likeness (QED) is 0.840. The van der Waals surface area contributed by atoms with Crippen LogP contribution >= 0.6 is 0 Å². The van der Waals surface area contributed by atoms with Gasteiger partial charge in [-0.1, -0.05) is 0 Å². The van der Waals surface area contributed by atoms with Crippen LogP contribution in [0.15, 0.2) is 18.3 Å². The molecule has 1 aliphatic rings. The Morgan fingerprint density at radius 2 is 2.44 bits per heavy atom. The first-order valence-corrected chi connectivity index (χ1v) is 5.87. The Labute approximate surface area is 96.4 Å². The van der Waals surface area contributed by atoms with Crippen LogP contribution < -0.4 is 10.6 Å². The lowest BCUT2D eigenvalue weighted by atomic mass is 10.2. The third kappa shape index (κ3) is 2.44. The molecule has 4 heteroatoms. The lowest BCUT2D eigenvalue weighted by Gasteiger charge is -2.25. The Balaban J connectivity index is 2.04. The second kappa shape index (κ2) is 5.16. The fraction of sp³-hybridized carbons (Fsp3) is 0.583. The van der Waals surface area contributed by atoms with Gasteiger partial charge in [-0.2, -0.15) is 0 Å². The fourth-order valence-corrected chi connectivity index (χ4v) is 2.13. The van der Waals surface area contributed by atoms with Gasteiger partial charge in [-0.05, 0) is 31.9 Å². The monoisotopic (exact) mass is 221 g/mol. The molecule has 0 spiro atoms. The molecule has 1 aromatic rings. The molecule has 2 heterocycles. The Bertz CT molecular complexity index is 326. The maximum atomic E-state index is 5.63. The van der Waals surface area contributed by atoms with Gasteiger partial charge in [0.1, 0.15) is 5.82 Å². The summed E-state index contributed by atoms with van der Waals surface area (Å²) in [6.45, 7) is 4.66. The van der Waals surface area contributed by atoms with E-state index < -0.39 is 0 Å². The molecule has 0 radical (unpaired) electrons. The van der Waals surface area contributed by atoms with E-state index >= 15 is 0 Å². The van der Waals surface area contributed by atoms with Crippen molar-refractivity contribution in [3.05, 3.63) is 18.3 Å². The average Bonchev–Trinajstić information content (AvgIpc) is 2.75. The van der Waals surface area contributed by atoms with Crippen LogP contribution in [0.1, 0.15) is 19.8 Å². The number of nitrogen functional groups attached to an aromatic ring is 1. The number of aromatic nitrogens is 1. The average molecular weight is 221 g/mol. The van der Waals surface area contributed by atoms with Gasteiger partial charge in [0.25, 0.3) is 0 Å². The molecule has 0 saturated carbocycles. The third-order valence-corrected chi connectivity index (χ3v) is 2.96. The minimum absolute atomic E-state index is 0.469. The standard InChI is InChI=1S/C12H19N3O/c1-2-16-9-11-4-3-7-15(11)12-6-5-10(13)8-14-12/h5-6,8,11H,2-4,7,9,13H2,1H3. The fourth-order valence-electron chi connectivity index (χ4n) is 2.13. The van der Waals surface area contributed by atoms with Gasteiger partial charge in [0.2, 0.25) is 0 Å². The molecule has 0 aromatic carbocycles. The van der Waals surface area contributed by atoms with Crippen molar-refractivity contribution in [1.82, 2.24) is 4.98 Å². The van der Waals surface area contributed by atoms with E-state index in [4.69, 9.17) is 10.5 Å². The minimum Gasteiger partial charge on any atom is -0.397 e. The molecule has 1 unspecified atom stereocenters. The summed E-state index contributed by atoms with van der Waals surface area (Å²) in [5.74, 6) is 1.01. The Kier molecular flexibility index (Phi) is 3.62. The first kappa shape index (κ1) is 11.2. The maximum absolute atomic E-state index is 5.63. The molecule has 2 rings (SSSR count). The molecule has 88 valence electrons. The van der Waals surface area contributed by atoms with Crippen LogP contribution in [-0.2, 0) is 4.74 Å². The zero-order valence-corrected chi connectivity index (χ0v) is 9.72. The molecule has 1 aliphatic heterocycles. The van der Waals surface area contributed by atoms with Crippen LogP contribution in [0.25, 0.3) is 0 Å². The van der Waals surface area contributed by atoms with Crippen molar-refractivity contribution in [3.8, 4) is 0 Å². The van der Waals surface area contributed by atoms with Gasteiger partial charge >= 0.3 is 0 Å². The van der Waals surface area contributed by atoms with Crippen molar-refractivity contribution in [1.29, 1.82) is 0 Å². The summed E-state index contributed by atoms with van der Waals surface area (Å²) in [6, 6.07) is 4.36. The summed E-state index contributed by atoms with van der Waals surface area (Å²) in [6.07, 6.45) is 4.11. The SMILES string of the molecule is CCOCC1CCCN1c1ccc(N)cn1. The van der Waals surface area contributed by atoms with E-state index in [0.29, 0.717) is 11.7 Å². The topological polar surface area (TPSA) is 51.4 Å². The second-order valence-corrected chi connectivity index (χ2v) is 4.10. The minimum atomic E-state index is 0.469. The lowest BCUT2D eigenvalue weighted by molar-refractivity contribution is 0.134. The summed E-state index contributed by atoms with van der Waals surface area (Å²) >= 11 is 0. The van der Waals surface area contributed by atoms with Crippen LogP contribution in [0.5, 0.6) is 0 Å². The zero-order chi connectivity index (χ0) is 11.4. The number of nitrogens with two attached hydrogens (primary N) is 1. The Hall–Kier alpha value is -1.29. The number of nitrogens with zero attached hydrogens (tertiary/aromatic N) is 2. The molecule has 2 N–H and O–H groups in total. The van der Waals surface area contributed by atoms with Crippen molar-refractivity contribution < 1.29 is 4.74 Å². The highest BCUT2D eigenvalue weighted by atomic mass is 16.5. The third-order valence-electron chi connectivity index (χ3n) is 2.96. The number of rotatable bonds is 4. The molecule has 1 aromatic heterocycles. The molecule has 16 heavy (non-hydrogen) atoms. The van der Waals surface area contributed by atoms with Gasteiger partial charge in [-0.15, -0.1) is 0 Å². The predicted octanol–water partition coefficient (Wildman–Crippen LogP) is 1.67. The van der Waals surface area contributed by atoms with Crippen molar-refractivity contribution in [3.63, 3.8) is 0 Å². The molecule has 1 saturated heterocycles. The van der Waals surface area contributed by atoms with E-state index in [1.54, 1.807) is 6.20 Å². The number of anilines is 2. The second-order valence-electron chi connectivity index (χ2n) is 4.10. The van der Waals surface area contributed by atoms with E-state index in [9.17, 15) is 0 Å². The molecule has 1 fully saturated rings. The summed E-state index contributed by atoms with van der Waals surface area (Å²) in [4.78, 5) is 6.68. The van der Waals surface area contributed by atoms with Crippen LogP contribution in [-0.4, -0.2) is 30.8 Å². The van der Waals surface area contributed by atoms with E-state index in [-0.39, 0.29) is 0 Å². The molecule has 1 atom stereocenters. The summed E-state index contributed by atoms with van der Waals surface area (Å²) in [5.41, 5.74) is 6.35. The van der Waals surface area contributed by atoms with Crippen LogP contribution in [0.4, 0.5) is 11.5 Å². The molecule has 0 aliphatic carbocycles. The Morgan fingerprint density at radius 3 is 3.12 bits per heavy atom. The van der Waals surface area contributed by atoms with E-state index in [1.807, 2.05) is 19.1 Å². The van der Waals surface area contributed by atoms with Gasteiger partial charge in [0, 0.05) is 13.2 Å². The maximum Gasteiger partial charge on any atom is 0.128 e. The van der Waals surface area contributed by atoms with Crippen LogP contribution in [0.3, 0.4) is 0 Å². The predicted molar refractivity (Wildman–Crippen MR) is 65.5 cm³/mol. The van der Waals surface area contributed by atoms with Crippen molar-refractivity contribution >= 4 is 11.5 Å². The molecule has 4 nitrogen and oxygen atoms in total. The van der Waals surface area contributed by atoms with Gasteiger partial charge in [0.15, 0.2) is 0 Å². The summed E-state index contributed by atoms with van der Waals surface area (Å²) in [7, 11) is 0. The molecular formula is C12H19N3O. The van der Waals surface area contributed by atoms with Gasteiger partial charge in [0.05, 0.1) is 24.5 Å². The first-order valence-electron chi connectivity index (χ1n) is 5.87. The highest BCUT2D eigenvalue weighted by Crippen LogP contribution is 2.24. The van der Waals surface area contributed by atoms with Gasteiger partial charge in [-0.3, -0.25) is 0 Å². The molecule has 0 bridgehead atoms. The van der Waals surface area contributed by atoms with E-state index in [0.717, 1.165) is 25.6 Å². The highest BCUT2D eigenvalue weighted by Gasteiger charge is 2.25. The van der Waals surface area contributed by atoms with Crippen LogP contribution in [0, 0.1) is 0 Å². The van der Waals surface area contributed by atoms with Crippen molar-refractivity contribution in [2.45, 2.75) is 25.8 Å². The van der Waals surface area contributed by atoms with Gasteiger partial charge < -0.3 is 15.4 Å². The van der Waals surface area contributed by atoms with Gasteiger partial charge in [-0.25, -0.2) is 4.98 Å². The summed E-state index contributed by atoms with van der Waals surface area (Å²) in [5, 5.41) is 0. The highest BCUT2D eigenvalue weighted by molar-refractivity contribution is 5.47. The first-order chi connectivity index (χ1) is 7.81. The normalized spacial score (nSPS) is 20.3. The Morgan fingerprint density at radius 1 is 1.56 bits per heavy atom. The van der Waals surface area contributed by atoms with Crippen molar-refractivity contribution in [2.75, 3.05) is 30.4 Å². The number of hydrogen-bond donors (Lipinski definition) is 1. The van der Waals surface area contributed by atoms with E-state index in [2.05, 4.69) is 9.88 Å². The van der Waals surface area contributed by atoms with E-state index in [1.165, 1.54) is 12.8 Å². The number of ether oxygens (including phenoxy) is 1. The smallest absolute Gasteiger partial charge is 0.128 e. The molecular weight excluding hydrogens is 202 g/mol. The van der Waals surface area contributed by atoms with Crippen LogP contribution in [0.2, 0.25) is 0 Å². The molecule has 0 amide bonds. The number of hydrogen-bond acceptors (Lipinski definition) is 4. The summed E-state index contributed by atoms with van der Waals surface area (Å²) < 4.78 is 5.50. The lowest BCUT2D eigenvalue weighted by Crippen LogP contribution is -2.33. The van der Waals surface area contributed by atoms with Crippen molar-refractivity contribution in [2.24, 2.45) is 0 Å².